The minimum absolute atomic E-state index is 0.0409. The number of anilines is 1. The van der Waals surface area contributed by atoms with Gasteiger partial charge in [-0.3, -0.25) is 14.6 Å². The van der Waals surface area contributed by atoms with Crippen molar-refractivity contribution < 1.29 is 18.7 Å². The fourth-order valence-electron chi connectivity index (χ4n) is 1.93. The average molecular weight is 317 g/mol. The fraction of sp³-hybridized carbons (Fsp3) is 0.188. The van der Waals surface area contributed by atoms with Crippen LogP contribution in [0.2, 0.25) is 0 Å². The van der Waals surface area contributed by atoms with Crippen LogP contribution in [0.15, 0.2) is 48.8 Å². The highest BCUT2D eigenvalue weighted by atomic mass is 19.1. The van der Waals surface area contributed by atoms with Crippen LogP contribution < -0.4 is 10.6 Å². The van der Waals surface area contributed by atoms with Crippen LogP contribution in [0.25, 0.3) is 0 Å². The second-order valence-corrected chi connectivity index (χ2v) is 4.69. The number of amides is 2. The van der Waals surface area contributed by atoms with Gasteiger partial charge in [0.1, 0.15) is 5.82 Å². The predicted molar refractivity (Wildman–Crippen MR) is 82.0 cm³/mol. The Bertz CT molecular complexity index is 679. The second-order valence-electron chi connectivity index (χ2n) is 4.69. The van der Waals surface area contributed by atoms with Gasteiger partial charge < -0.3 is 15.4 Å². The largest absolute Gasteiger partial charge is 0.375 e. The third kappa shape index (κ3) is 4.86. The SMILES string of the molecule is CO[C@@H](CNC(=O)C(=O)Nc1cccnc1)c1cccc(F)c1. The number of benzene rings is 1. The van der Waals surface area contributed by atoms with Gasteiger partial charge in [-0.2, -0.15) is 0 Å². The van der Waals surface area contributed by atoms with Gasteiger partial charge in [-0.05, 0) is 29.8 Å². The van der Waals surface area contributed by atoms with Crippen molar-refractivity contribution in [3.05, 3.63) is 60.2 Å². The topological polar surface area (TPSA) is 80.3 Å². The molecule has 6 nitrogen and oxygen atoms in total. The molecule has 0 aliphatic carbocycles. The van der Waals surface area contributed by atoms with Crippen LogP contribution in [-0.4, -0.2) is 30.5 Å². The molecule has 0 radical (unpaired) electrons. The second kappa shape index (κ2) is 8.00. The Labute approximate surface area is 132 Å². The number of nitrogens with one attached hydrogen (secondary N) is 2. The highest BCUT2D eigenvalue weighted by Crippen LogP contribution is 2.16. The number of hydrogen-bond donors (Lipinski definition) is 2. The number of carbonyl (C=O) groups excluding carboxylic acids is 2. The third-order valence-electron chi connectivity index (χ3n) is 3.08. The summed E-state index contributed by atoms with van der Waals surface area (Å²) in [6, 6.07) is 9.11. The third-order valence-corrected chi connectivity index (χ3v) is 3.08. The molecule has 120 valence electrons. The lowest BCUT2D eigenvalue weighted by Crippen LogP contribution is -2.38. The first-order valence-corrected chi connectivity index (χ1v) is 6.87. The number of hydrogen-bond acceptors (Lipinski definition) is 4. The average Bonchev–Trinajstić information content (AvgIpc) is 2.56. The monoisotopic (exact) mass is 317 g/mol. The van der Waals surface area contributed by atoms with E-state index in [9.17, 15) is 14.0 Å². The number of methoxy groups -OCH3 is 1. The number of pyridine rings is 1. The Morgan fingerprint density at radius 3 is 2.74 bits per heavy atom. The molecule has 2 amide bonds. The van der Waals surface area contributed by atoms with Crippen molar-refractivity contribution in [2.24, 2.45) is 0 Å². The molecule has 0 aliphatic heterocycles. The van der Waals surface area contributed by atoms with Gasteiger partial charge in [0.05, 0.1) is 18.0 Å². The van der Waals surface area contributed by atoms with Crippen LogP contribution in [0.1, 0.15) is 11.7 Å². The van der Waals surface area contributed by atoms with Gasteiger partial charge in [0.15, 0.2) is 0 Å². The molecule has 0 saturated carbocycles. The molecule has 2 N–H and O–H groups in total. The van der Waals surface area contributed by atoms with Gasteiger partial charge in [-0.15, -0.1) is 0 Å². The summed E-state index contributed by atoms with van der Waals surface area (Å²) >= 11 is 0. The molecule has 0 saturated heterocycles. The number of rotatable bonds is 5. The van der Waals surface area contributed by atoms with E-state index in [4.69, 9.17) is 4.74 Å². The Kier molecular flexibility index (Phi) is 5.76. The van der Waals surface area contributed by atoms with E-state index in [1.807, 2.05) is 0 Å². The molecule has 0 fully saturated rings. The quantitative estimate of drug-likeness (QED) is 0.822. The van der Waals surface area contributed by atoms with Crippen molar-refractivity contribution in [3.8, 4) is 0 Å². The summed E-state index contributed by atoms with van der Waals surface area (Å²) < 4.78 is 18.4. The number of nitrogens with zero attached hydrogens (tertiary/aromatic N) is 1. The molecule has 7 heteroatoms. The molecule has 2 rings (SSSR count). The van der Waals surface area contributed by atoms with Crippen molar-refractivity contribution in [3.63, 3.8) is 0 Å². The minimum Gasteiger partial charge on any atom is -0.375 e. The zero-order valence-corrected chi connectivity index (χ0v) is 12.5. The maximum atomic E-state index is 13.2. The van der Waals surface area contributed by atoms with Gasteiger partial charge in [-0.25, -0.2) is 4.39 Å². The van der Waals surface area contributed by atoms with Crippen LogP contribution >= 0.6 is 0 Å². The molecular weight excluding hydrogens is 301 g/mol. The van der Waals surface area contributed by atoms with E-state index >= 15 is 0 Å². The van der Waals surface area contributed by atoms with Crippen LogP contribution in [0.5, 0.6) is 0 Å². The molecule has 0 bridgehead atoms. The zero-order chi connectivity index (χ0) is 16.7. The molecule has 0 unspecified atom stereocenters. The Hall–Kier alpha value is -2.80. The molecule has 23 heavy (non-hydrogen) atoms. The van der Waals surface area contributed by atoms with E-state index in [-0.39, 0.29) is 6.54 Å². The van der Waals surface area contributed by atoms with Gasteiger partial charge >= 0.3 is 11.8 Å². The Morgan fingerprint density at radius 2 is 2.09 bits per heavy atom. The lowest BCUT2D eigenvalue weighted by atomic mass is 10.1. The van der Waals surface area contributed by atoms with Crippen molar-refractivity contribution in [1.82, 2.24) is 10.3 Å². The molecule has 1 aromatic heterocycles. The maximum Gasteiger partial charge on any atom is 0.313 e. The highest BCUT2D eigenvalue weighted by Gasteiger charge is 2.17. The fourth-order valence-corrected chi connectivity index (χ4v) is 1.93. The summed E-state index contributed by atoms with van der Waals surface area (Å²) in [6.45, 7) is 0.0409. The molecule has 1 heterocycles. The normalized spacial score (nSPS) is 11.6. The zero-order valence-electron chi connectivity index (χ0n) is 12.5. The first kappa shape index (κ1) is 16.6. The lowest BCUT2D eigenvalue weighted by molar-refractivity contribution is -0.136. The first-order chi connectivity index (χ1) is 11.1. The van der Waals surface area contributed by atoms with Crippen molar-refractivity contribution in [1.29, 1.82) is 0 Å². The van der Waals surface area contributed by atoms with E-state index < -0.39 is 23.7 Å². The van der Waals surface area contributed by atoms with Gasteiger partial charge in [0.2, 0.25) is 0 Å². The van der Waals surface area contributed by atoms with Crippen LogP contribution in [0.4, 0.5) is 10.1 Å². The standard InChI is InChI=1S/C16H16FN3O3/c1-23-14(11-4-2-5-12(17)8-11)10-19-15(21)16(22)20-13-6-3-7-18-9-13/h2-9,14H,10H2,1H3,(H,19,21)(H,20,22)/t14-/m0/s1. The molecular formula is C16H16FN3O3. The van der Waals surface area contributed by atoms with Crippen molar-refractivity contribution >= 4 is 17.5 Å². The molecule has 0 spiro atoms. The van der Waals surface area contributed by atoms with Gasteiger partial charge in [0, 0.05) is 19.9 Å². The summed E-state index contributed by atoms with van der Waals surface area (Å²) in [5.41, 5.74) is 0.988. The number of ether oxygens (including phenoxy) is 1. The summed E-state index contributed by atoms with van der Waals surface area (Å²) in [5, 5.41) is 4.87. The molecule has 2 aromatic rings. The lowest BCUT2D eigenvalue weighted by Gasteiger charge is -2.16. The maximum absolute atomic E-state index is 13.2. The van der Waals surface area contributed by atoms with Crippen LogP contribution in [0.3, 0.4) is 0 Å². The molecule has 1 atom stereocenters. The smallest absolute Gasteiger partial charge is 0.313 e. The van der Waals surface area contributed by atoms with E-state index in [1.54, 1.807) is 30.5 Å². The summed E-state index contributed by atoms with van der Waals surface area (Å²) in [6.07, 6.45) is 2.43. The number of halogens is 1. The number of aromatic nitrogens is 1. The van der Waals surface area contributed by atoms with Crippen LogP contribution in [-0.2, 0) is 14.3 Å². The summed E-state index contributed by atoms with van der Waals surface area (Å²) in [7, 11) is 1.44. The molecule has 0 aliphatic rings. The van der Waals surface area contributed by atoms with Gasteiger partial charge in [-0.1, -0.05) is 12.1 Å². The Morgan fingerprint density at radius 1 is 1.26 bits per heavy atom. The highest BCUT2D eigenvalue weighted by molar-refractivity contribution is 6.39. The van der Waals surface area contributed by atoms with E-state index in [0.29, 0.717) is 11.3 Å². The van der Waals surface area contributed by atoms with Gasteiger partial charge in [0.25, 0.3) is 0 Å². The van der Waals surface area contributed by atoms with E-state index in [2.05, 4.69) is 15.6 Å². The summed E-state index contributed by atoms with van der Waals surface area (Å²) in [5.74, 6) is -2.02. The van der Waals surface area contributed by atoms with E-state index in [0.717, 1.165) is 0 Å². The summed E-state index contributed by atoms with van der Waals surface area (Å²) in [4.78, 5) is 27.4. The van der Waals surface area contributed by atoms with Crippen molar-refractivity contribution in [2.45, 2.75) is 6.10 Å². The van der Waals surface area contributed by atoms with Crippen LogP contribution in [0, 0.1) is 5.82 Å². The number of carbonyl (C=O) groups is 2. The molecule has 1 aromatic carbocycles. The predicted octanol–water partition coefficient (Wildman–Crippen LogP) is 1.66. The Balaban J connectivity index is 1.90. The minimum atomic E-state index is -0.813. The van der Waals surface area contributed by atoms with Crippen molar-refractivity contribution in [2.75, 3.05) is 19.0 Å². The first-order valence-electron chi connectivity index (χ1n) is 6.87. The van der Waals surface area contributed by atoms with E-state index in [1.165, 1.54) is 25.4 Å².